The van der Waals surface area contributed by atoms with E-state index in [2.05, 4.69) is 73.4 Å². The Balaban J connectivity index is 1.01. The number of carbonyl (C=O) groups is 3. The molecule has 12 atom stereocenters. The van der Waals surface area contributed by atoms with Crippen molar-refractivity contribution in [2.45, 2.75) is 173 Å². The van der Waals surface area contributed by atoms with Crippen LogP contribution in [0.3, 0.4) is 0 Å². The van der Waals surface area contributed by atoms with Gasteiger partial charge in [0.1, 0.15) is 52.8 Å². The monoisotopic (exact) mass is 1110 g/mol. The van der Waals surface area contributed by atoms with Gasteiger partial charge in [-0.05, 0) is 137 Å². The number of allylic oxidation sites excluding steroid dienone is 4. The Morgan fingerprint density at radius 2 is 1.37 bits per heavy atom. The first-order chi connectivity index (χ1) is 39.2. The molecule has 0 radical (unpaired) electrons. The summed E-state index contributed by atoms with van der Waals surface area (Å²) in [6.07, 6.45) is 3.42. The number of nitrogens with zero attached hydrogens (tertiary/aromatic N) is 2. The van der Waals surface area contributed by atoms with Crippen LogP contribution in [0, 0.1) is 17.8 Å². The molecule has 428 valence electrons. The molecule has 2 saturated heterocycles. The molecule has 7 unspecified atom stereocenters. The molecular formula is C68H74N2O12. The predicted octanol–water partition coefficient (Wildman–Crippen LogP) is 9.55. The Labute approximate surface area is 478 Å². The molecule has 5 fully saturated rings. The van der Waals surface area contributed by atoms with E-state index in [1.165, 1.54) is 5.39 Å². The number of amides is 1. The second kappa shape index (κ2) is 19.8. The van der Waals surface area contributed by atoms with Gasteiger partial charge < -0.3 is 49.0 Å². The van der Waals surface area contributed by atoms with E-state index >= 15 is 9.59 Å². The lowest BCUT2D eigenvalue weighted by Crippen LogP contribution is -2.82. The quantitative estimate of drug-likeness (QED) is 0.0685. The van der Waals surface area contributed by atoms with Gasteiger partial charge in [0.25, 0.3) is 0 Å². The number of Topliss-reactive ketones (excluding diaryl/α,β-unsaturated/α-hetero) is 2. The maximum Gasteiger partial charge on any atom is 0.249 e. The van der Waals surface area contributed by atoms with Gasteiger partial charge in [0, 0.05) is 61.6 Å². The van der Waals surface area contributed by atoms with Crippen molar-refractivity contribution in [3.8, 4) is 17.2 Å². The molecule has 14 nitrogen and oxygen atoms in total. The molecule has 14 heteroatoms. The molecule has 3 aliphatic carbocycles. The third kappa shape index (κ3) is 8.24. The van der Waals surface area contributed by atoms with Crippen molar-refractivity contribution in [1.82, 2.24) is 9.80 Å². The van der Waals surface area contributed by atoms with Crippen LogP contribution in [0.2, 0.25) is 0 Å². The molecule has 9 aliphatic rings. The summed E-state index contributed by atoms with van der Waals surface area (Å²) in [5.41, 5.74) is 2.52. The van der Waals surface area contributed by atoms with Gasteiger partial charge in [-0.2, -0.15) is 0 Å². The SMILES string of the molecule is CC(C)=CCCC1(C)C=Cc2c(c(CC=C(C)C)c3c(c2O[C@@H]2O[C@H](CO)[C@@H](O)[C@@H](O)[C@H]2O)C(=O)C2C(N4Cc5cccc6cccc(c56)C4)C4CC5C(C)(C)OC(CC=C(C)C(=O)N6Cc7cccc8cccc(c78)C6)(C4=O)C25O3)O1. The van der Waals surface area contributed by atoms with Crippen LogP contribution in [0.1, 0.15) is 125 Å². The van der Waals surface area contributed by atoms with E-state index in [4.69, 9.17) is 23.7 Å². The highest BCUT2D eigenvalue weighted by atomic mass is 16.7. The second-order valence-corrected chi connectivity index (χ2v) is 25.7. The fourth-order valence-corrected chi connectivity index (χ4v) is 15.7. The summed E-state index contributed by atoms with van der Waals surface area (Å²) >= 11 is 0. The summed E-state index contributed by atoms with van der Waals surface area (Å²) in [6.45, 7) is 16.9. The summed E-state index contributed by atoms with van der Waals surface area (Å²) in [4.78, 5) is 52.8. The highest BCUT2D eigenvalue weighted by Crippen LogP contribution is 2.71. The summed E-state index contributed by atoms with van der Waals surface area (Å²) in [5.74, 6) is -2.54. The van der Waals surface area contributed by atoms with E-state index in [0.717, 1.165) is 49.6 Å². The average Bonchev–Trinajstić information content (AvgIpc) is 1.77. The van der Waals surface area contributed by atoms with Gasteiger partial charge in [-0.3, -0.25) is 19.3 Å². The molecule has 6 aliphatic heterocycles. The lowest BCUT2D eigenvalue weighted by Gasteiger charge is -2.64. The van der Waals surface area contributed by atoms with Crippen LogP contribution in [-0.2, 0) is 51.7 Å². The second-order valence-electron chi connectivity index (χ2n) is 25.7. The zero-order valence-electron chi connectivity index (χ0n) is 48.0. The van der Waals surface area contributed by atoms with Crippen molar-refractivity contribution in [2.75, 3.05) is 6.61 Å². The summed E-state index contributed by atoms with van der Waals surface area (Å²) in [7, 11) is 0. The molecule has 1 spiro atoms. The molecule has 5 aromatic rings. The molecule has 14 rings (SSSR count). The Kier molecular flexibility index (Phi) is 13.2. The van der Waals surface area contributed by atoms with Crippen LogP contribution in [0.4, 0.5) is 0 Å². The van der Waals surface area contributed by atoms with Gasteiger partial charge in [0.15, 0.2) is 22.8 Å². The number of benzene rings is 5. The molecule has 4 N–H and O–H groups in total. The zero-order valence-corrected chi connectivity index (χ0v) is 48.0. The number of hydrogen-bond acceptors (Lipinski definition) is 13. The minimum absolute atomic E-state index is 0.0280. The fourth-order valence-electron chi connectivity index (χ4n) is 15.7. The number of fused-ring (bicyclic) bond motifs is 2. The maximum atomic E-state index is 17.3. The van der Waals surface area contributed by atoms with Gasteiger partial charge in [-0.15, -0.1) is 0 Å². The number of carbonyl (C=O) groups excluding carboxylic acids is 3. The molecule has 1 amide bonds. The van der Waals surface area contributed by atoms with E-state index in [0.29, 0.717) is 67.9 Å². The Bertz CT molecular complexity index is 3560. The topological polar surface area (TPSA) is 185 Å². The van der Waals surface area contributed by atoms with E-state index < -0.39 is 83.5 Å². The van der Waals surface area contributed by atoms with Crippen LogP contribution < -0.4 is 14.2 Å². The van der Waals surface area contributed by atoms with Crippen LogP contribution in [0.5, 0.6) is 17.2 Å². The van der Waals surface area contributed by atoms with Crippen molar-refractivity contribution >= 4 is 45.1 Å². The Hall–Kier alpha value is -6.49. The molecule has 0 aromatic heterocycles. The van der Waals surface area contributed by atoms with Crippen LogP contribution in [0.15, 0.2) is 114 Å². The minimum atomic E-state index is -1.82. The fraction of sp³-hybridized carbons (Fsp3) is 0.456. The first kappa shape index (κ1) is 54.7. The van der Waals surface area contributed by atoms with Gasteiger partial charge >= 0.3 is 0 Å². The highest BCUT2D eigenvalue weighted by Gasteiger charge is 2.86. The first-order valence-electron chi connectivity index (χ1n) is 29.2. The van der Waals surface area contributed by atoms with Crippen LogP contribution >= 0.6 is 0 Å². The summed E-state index contributed by atoms with van der Waals surface area (Å²) < 4.78 is 35.7. The number of rotatable bonds is 12. The smallest absolute Gasteiger partial charge is 0.249 e. The third-order valence-corrected chi connectivity index (χ3v) is 19.5. The lowest BCUT2D eigenvalue weighted by molar-refractivity contribution is -0.277. The van der Waals surface area contributed by atoms with Gasteiger partial charge in [0.2, 0.25) is 12.2 Å². The third-order valence-electron chi connectivity index (χ3n) is 19.5. The normalized spacial score (nSPS) is 31.9. The first-order valence-corrected chi connectivity index (χ1v) is 29.2. The lowest BCUT2D eigenvalue weighted by atomic mass is 9.44. The minimum Gasteiger partial charge on any atom is -0.482 e. The summed E-state index contributed by atoms with van der Waals surface area (Å²) in [5, 5.41) is 48.8. The number of aliphatic hydroxyl groups excluding tert-OH is 4. The Morgan fingerprint density at radius 3 is 1.96 bits per heavy atom. The van der Waals surface area contributed by atoms with Gasteiger partial charge in [-0.25, -0.2) is 0 Å². The highest BCUT2D eigenvalue weighted by molar-refractivity contribution is 6.11. The number of aliphatic hydroxyl groups is 4. The average molecular weight is 1110 g/mol. The molecular weight excluding hydrogens is 1040 g/mol. The number of ether oxygens (including phenoxy) is 5. The molecule has 82 heavy (non-hydrogen) atoms. The van der Waals surface area contributed by atoms with Crippen LogP contribution in [0.25, 0.3) is 27.6 Å². The van der Waals surface area contributed by atoms with E-state index in [9.17, 15) is 25.2 Å². The predicted molar refractivity (Wildman–Crippen MR) is 310 cm³/mol. The summed E-state index contributed by atoms with van der Waals surface area (Å²) in [6, 6.07) is 24.2. The van der Waals surface area contributed by atoms with Crippen molar-refractivity contribution in [1.29, 1.82) is 0 Å². The van der Waals surface area contributed by atoms with Crippen molar-refractivity contribution < 1.29 is 58.5 Å². The van der Waals surface area contributed by atoms with Crippen molar-refractivity contribution in [3.05, 3.63) is 153 Å². The Morgan fingerprint density at radius 1 is 0.756 bits per heavy atom. The largest absolute Gasteiger partial charge is 0.482 e. The standard InChI is InChI=1S/C68H74N2O12/c1-36(2)14-13-27-66(8)28-26-46-59(80-66)45(24-23-37(3)4)61-52(60(46)79-64-58(75)57(74)55(72)48(35-71)78-64)56(73)53-54(69-31-41-19-9-15-39-16-10-20-42(32-69)50(39)41)47-30-49-65(6,7)82-67(62(47)76,68(49,53)81-61)29-25-38(5)63(77)70-33-43-21-11-17-40-18-12-22-44(34-70)51(40)43/h9-12,14-23,25-26,28,47-49,53-55,57-58,64,71-72,74-75H,13,24,27,29-35H2,1-8H3/t47?,48-,49?,53?,54?,55-,57-,58-,64+,66?,67?,68?/m1/s1. The van der Waals surface area contributed by atoms with Crippen molar-refractivity contribution in [3.63, 3.8) is 0 Å². The van der Waals surface area contributed by atoms with Crippen LogP contribution in [-0.4, -0.2) is 113 Å². The molecule has 4 bridgehead atoms. The zero-order chi connectivity index (χ0) is 57.5. The van der Waals surface area contributed by atoms with E-state index in [-0.39, 0.29) is 47.4 Å². The number of hydrogen-bond donors (Lipinski definition) is 4. The van der Waals surface area contributed by atoms with Gasteiger partial charge in [-0.1, -0.05) is 102 Å². The molecule has 6 heterocycles. The van der Waals surface area contributed by atoms with E-state index in [1.54, 1.807) is 6.92 Å². The maximum absolute atomic E-state index is 17.3. The van der Waals surface area contributed by atoms with Crippen molar-refractivity contribution in [2.24, 2.45) is 17.8 Å². The molecule has 3 saturated carbocycles. The number of ketones is 2. The molecule has 5 aromatic carbocycles. The van der Waals surface area contributed by atoms with Gasteiger partial charge in [0.05, 0.1) is 23.7 Å². The van der Waals surface area contributed by atoms with E-state index in [1.807, 2.05) is 88.1 Å².